The number of rotatable bonds is 1. The molecule has 0 N–H and O–H groups in total. The van der Waals surface area contributed by atoms with Crippen molar-refractivity contribution in [1.29, 1.82) is 0 Å². The van der Waals surface area contributed by atoms with Gasteiger partial charge in [-0.3, -0.25) is 4.79 Å². The number of hydrogen-bond acceptors (Lipinski definition) is 1. The molecule has 2 atom stereocenters. The summed E-state index contributed by atoms with van der Waals surface area (Å²) in [5, 5.41) is 0.858. The van der Waals surface area contributed by atoms with E-state index >= 15 is 0 Å². The number of halogens is 2. The lowest BCUT2D eigenvalue weighted by Crippen LogP contribution is -2.42. The third kappa shape index (κ3) is 2.81. The zero-order valence-corrected chi connectivity index (χ0v) is 12.1. The summed E-state index contributed by atoms with van der Waals surface area (Å²) in [6.07, 6.45) is 1.17. The molecular formula is C14H17Cl2NO. The van der Waals surface area contributed by atoms with Gasteiger partial charge >= 0.3 is 0 Å². The lowest BCUT2D eigenvalue weighted by atomic mass is 9.91. The van der Waals surface area contributed by atoms with Gasteiger partial charge in [0.1, 0.15) is 0 Å². The van der Waals surface area contributed by atoms with E-state index in [0.717, 1.165) is 13.1 Å². The molecular weight excluding hydrogens is 269 g/mol. The Balaban J connectivity index is 2.26. The van der Waals surface area contributed by atoms with Gasteiger partial charge in [0.05, 0.1) is 15.6 Å². The molecule has 98 valence electrons. The second-order valence-corrected chi connectivity index (χ2v) is 6.07. The Hall–Kier alpha value is -0.730. The highest BCUT2D eigenvalue weighted by Gasteiger charge is 2.28. The van der Waals surface area contributed by atoms with E-state index in [4.69, 9.17) is 23.2 Å². The van der Waals surface area contributed by atoms with E-state index in [1.165, 1.54) is 6.42 Å². The van der Waals surface area contributed by atoms with Crippen LogP contribution in [0.5, 0.6) is 0 Å². The van der Waals surface area contributed by atoms with Crippen molar-refractivity contribution in [3.05, 3.63) is 33.8 Å². The maximum absolute atomic E-state index is 12.5. The molecule has 0 aromatic heterocycles. The predicted octanol–water partition coefficient (Wildman–Crippen LogP) is 4.11. The van der Waals surface area contributed by atoms with Crippen LogP contribution in [-0.2, 0) is 0 Å². The minimum Gasteiger partial charge on any atom is -0.338 e. The monoisotopic (exact) mass is 285 g/mol. The van der Waals surface area contributed by atoms with Crippen LogP contribution in [0.15, 0.2) is 18.2 Å². The van der Waals surface area contributed by atoms with Gasteiger partial charge in [-0.1, -0.05) is 43.1 Å². The maximum atomic E-state index is 12.5. The summed E-state index contributed by atoms with van der Waals surface area (Å²) in [6, 6.07) is 5.16. The Kier molecular flexibility index (Phi) is 4.18. The van der Waals surface area contributed by atoms with E-state index in [2.05, 4.69) is 13.8 Å². The summed E-state index contributed by atoms with van der Waals surface area (Å²) in [6.45, 7) is 5.91. The second-order valence-electron chi connectivity index (χ2n) is 5.25. The van der Waals surface area contributed by atoms with Gasteiger partial charge in [-0.2, -0.15) is 0 Å². The fraction of sp³-hybridized carbons (Fsp3) is 0.500. The minimum atomic E-state index is -0.0519. The van der Waals surface area contributed by atoms with E-state index < -0.39 is 0 Å². The van der Waals surface area contributed by atoms with Crippen molar-refractivity contribution >= 4 is 29.1 Å². The van der Waals surface area contributed by atoms with Crippen LogP contribution in [0.1, 0.15) is 30.6 Å². The Bertz CT molecular complexity index is 431. The fourth-order valence-electron chi connectivity index (χ4n) is 2.69. The minimum absolute atomic E-state index is 0.0519. The van der Waals surface area contributed by atoms with Gasteiger partial charge in [0.2, 0.25) is 0 Å². The molecule has 1 amide bonds. The Morgan fingerprint density at radius 2 is 1.67 bits per heavy atom. The molecule has 0 unspecified atom stereocenters. The topological polar surface area (TPSA) is 20.3 Å². The van der Waals surface area contributed by atoms with Crippen molar-refractivity contribution in [2.75, 3.05) is 13.1 Å². The van der Waals surface area contributed by atoms with Crippen molar-refractivity contribution < 1.29 is 4.79 Å². The molecule has 1 fully saturated rings. The third-order valence-corrected chi connectivity index (χ3v) is 3.96. The molecule has 0 spiro atoms. The van der Waals surface area contributed by atoms with Crippen LogP contribution in [0.2, 0.25) is 10.0 Å². The number of hydrogen-bond donors (Lipinski definition) is 0. The maximum Gasteiger partial charge on any atom is 0.256 e. The zero-order valence-electron chi connectivity index (χ0n) is 10.6. The van der Waals surface area contributed by atoms with Gasteiger partial charge in [-0.15, -0.1) is 0 Å². The van der Waals surface area contributed by atoms with E-state index in [0.29, 0.717) is 27.4 Å². The van der Waals surface area contributed by atoms with Crippen LogP contribution in [0.25, 0.3) is 0 Å². The van der Waals surface area contributed by atoms with Crippen LogP contribution in [-0.4, -0.2) is 23.9 Å². The van der Waals surface area contributed by atoms with Crippen LogP contribution < -0.4 is 0 Å². The molecule has 2 rings (SSSR count). The molecule has 2 nitrogen and oxygen atoms in total. The van der Waals surface area contributed by atoms with E-state index in [-0.39, 0.29) is 5.91 Å². The lowest BCUT2D eigenvalue weighted by molar-refractivity contribution is 0.0623. The van der Waals surface area contributed by atoms with E-state index in [1.54, 1.807) is 18.2 Å². The SMILES string of the molecule is C[C@@H]1C[C@@H](C)CN(C(=O)c2c(Cl)cccc2Cl)C1. The first-order valence-corrected chi connectivity index (χ1v) is 6.98. The van der Waals surface area contributed by atoms with Crippen molar-refractivity contribution in [3.8, 4) is 0 Å². The molecule has 0 aliphatic carbocycles. The molecule has 1 aromatic rings. The van der Waals surface area contributed by atoms with E-state index in [1.807, 2.05) is 4.90 Å². The number of carbonyl (C=O) groups is 1. The largest absolute Gasteiger partial charge is 0.338 e. The quantitative estimate of drug-likeness (QED) is 0.760. The highest BCUT2D eigenvalue weighted by Crippen LogP contribution is 2.28. The van der Waals surface area contributed by atoms with Gasteiger partial charge in [-0.25, -0.2) is 0 Å². The smallest absolute Gasteiger partial charge is 0.256 e. The van der Waals surface area contributed by atoms with Gasteiger partial charge in [0.25, 0.3) is 5.91 Å². The molecule has 18 heavy (non-hydrogen) atoms. The van der Waals surface area contributed by atoms with Crippen molar-refractivity contribution in [2.24, 2.45) is 11.8 Å². The van der Waals surface area contributed by atoms with Crippen molar-refractivity contribution in [1.82, 2.24) is 4.90 Å². The number of carbonyl (C=O) groups excluding carboxylic acids is 1. The molecule has 0 bridgehead atoms. The van der Waals surface area contributed by atoms with Crippen LogP contribution in [0.4, 0.5) is 0 Å². The number of nitrogens with zero attached hydrogens (tertiary/aromatic N) is 1. The van der Waals surface area contributed by atoms with Gasteiger partial charge in [0, 0.05) is 13.1 Å². The van der Waals surface area contributed by atoms with Crippen LogP contribution in [0.3, 0.4) is 0 Å². The molecule has 1 aromatic carbocycles. The Morgan fingerprint density at radius 1 is 1.17 bits per heavy atom. The fourth-order valence-corrected chi connectivity index (χ4v) is 3.25. The number of amides is 1. The lowest BCUT2D eigenvalue weighted by Gasteiger charge is -2.35. The normalized spacial score (nSPS) is 24.1. The summed E-state index contributed by atoms with van der Waals surface area (Å²) in [4.78, 5) is 14.4. The molecule has 1 saturated heterocycles. The highest BCUT2D eigenvalue weighted by atomic mass is 35.5. The first-order valence-electron chi connectivity index (χ1n) is 6.22. The summed E-state index contributed by atoms with van der Waals surface area (Å²) in [5.41, 5.74) is 0.433. The third-order valence-electron chi connectivity index (χ3n) is 3.33. The van der Waals surface area contributed by atoms with Crippen LogP contribution in [0, 0.1) is 11.8 Å². The molecule has 0 saturated carbocycles. The first-order chi connectivity index (χ1) is 8.49. The summed E-state index contributed by atoms with van der Waals surface area (Å²) < 4.78 is 0. The second kappa shape index (κ2) is 5.50. The summed E-state index contributed by atoms with van der Waals surface area (Å²) in [5.74, 6) is 1.00. The summed E-state index contributed by atoms with van der Waals surface area (Å²) in [7, 11) is 0. The predicted molar refractivity (Wildman–Crippen MR) is 75.3 cm³/mol. The van der Waals surface area contributed by atoms with Gasteiger partial charge in [-0.05, 0) is 30.4 Å². The first kappa shape index (κ1) is 13.7. The molecule has 1 heterocycles. The highest BCUT2D eigenvalue weighted by molar-refractivity contribution is 6.39. The van der Waals surface area contributed by atoms with Gasteiger partial charge < -0.3 is 4.90 Å². The van der Waals surface area contributed by atoms with Crippen LogP contribution >= 0.6 is 23.2 Å². The van der Waals surface area contributed by atoms with E-state index in [9.17, 15) is 4.79 Å². The summed E-state index contributed by atoms with van der Waals surface area (Å²) >= 11 is 12.2. The average molecular weight is 286 g/mol. The molecule has 1 aliphatic heterocycles. The Morgan fingerprint density at radius 3 is 2.17 bits per heavy atom. The zero-order chi connectivity index (χ0) is 13.3. The molecule has 0 radical (unpaired) electrons. The molecule has 1 aliphatic rings. The number of likely N-dealkylation sites (tertiary alicyclic amines) is 1. The average Bonchev–Trinajstić information content (AvgIpc) is 2.27. The number of piperidine rings is 1. The molecule has 4 heteroatoms. The standard InChI is InChI=1S/C14H17Cl2NO/c1-9-6-10(2)8-17(7-9)14(18)13-11(15)4-3-5-12(13)16/h3-5,9-10H,6-8H2,1-2H3/t9-,10-/m1/s1. The Labute approximate surface area is 118 Å². The number of benzene rings is 1. The van der Waals surface area contributed by atoms with Crippen molar-refractivity contribution in [2.45, 2.75) is 20.3 Å². The van der Waals surface area contributed by atoms with Crippen molar-refractivity contribution in [3.63, 3.8) is 0 Å². The van der Waals surface area contributed by atoms with Gasteiger partial charge in [0.15, 0.2) is 0 Å².